The van der Waals surface area contributed by atoms with Crippen LogP contribution in [0.2, 0.25) is 0 Å². The highest BCUT2D eigenvalue weighted by Gasteiger charge is 2.35. The lowest BCUT2D eigenvalue weighted by Crippen LogP contribution is -3.00. The van der Waals surface area contributed by atoms with Crippen LogP contribution in [0.5, 0.6) is 23.0 Å². The van der Waals surface area contributed by atoms with Gasteiger partial charge in [0.1, 0.15) is 6.42 Å². The molecule has 0 spiro atoms. The second-order valence-corrected chi connectivity index (χ2v) is 7.22. The first-order valence-corrected chi connectivity index (χ1v) is 9.33. The molecule has 0 amide bonds. The number of carboxylic acid groups (broad SMARTS) is 1. The Bertz CT molecular complexity index is 1160. The van der Waals surface area contributed by atoms with Crippen molar-refractivity contribution in [3.8, 4) is 34.3 Å². The summed E-state index contributed by atoms with van der Waals surface area (Å²) in [6.07, 6.45) is 2.63. The van der Waals surface area contributed by atoms with Crippen LogP contribution in [0.3, 0.4) is 0 Å². The Morgan fingerprint density at radius 1 is 1.07 bits per heavy atom. The van der Waals surface area contributed by atoms with Crippen LogP contribution in [0.1, 0.15) is 18.0 Å². The molecule has 7 nitrogen and oxygen atoms in total. The molecule has 1 atom stereocenters. The van der Waals surface area contributed by atoms with Crippen LogP contribution in [0.25, 0.3) is 22.0 Å². The summed E-state index contributed by atoms with van der Waals surface area (Å²) in [4.78, 5) is 11.5. The van der Waals surface area contributed by atoms with E-state index >= 15 is 0 Å². The van der Waals surface area contributed by atoms with Crippen LogP contribution in [0.15, 0.2) is 36.5 Å². The molecule has 30 heavy (non-hydrogen) atoms. The highest BCUT2D eigenvalue weighted by atomic mass is 35.5. The number of ether oxygens (including phenoxy) is 4. The van der Waals surface area contributed by atoms with Gasteiger partial charge in [0.25, 0.3) is 0 Å². The maximum absolute atomic E-state index is 11.5. The van der Waals surface area contributed by atoms with E-state index in [-0.39, 0.29) is 31.7 Å². The lowest BCUT2D eigenvalue weighted by Gasteiger charge is -2.22. The maximum Gasteiger partial charge on any atom is 0.310 e. The molecule has 0 saturated heterocycles. The fourth-order valence-electron chi connectivity index (χ4n) is 4.22. The van der Waals surface area contributed by atoms with Crippen LogP contribution in [-0.2, 0) is 11.2 Å². The summed E-state index contributed by atoms with van der Waals surface area (Å²) in [7, 11) is 3.21. The predicted octanol–water partition coefficient (Wildman–Crippen LogP) is 0.116. The average Bonchev–Trinajstić information content (AvgIpc) is 3.17. The van der Waals surface area contributed by atoms with E-state index in [1.807, 2.05) is 35.0 Å². The lowest BCUT2D eigenvalue weighted by molar-refractivity contribution is -0.712. The zero-order valence-corrected chi connectivity index (χ0v) is 17.2. The third-order valence-electron chi connectivity index (χ3n) is 5.57. The standard InChI is InChI=1S/C22H19NO6.ClH/c1-26-18-5-12-4-17-16-9-21-20(28-11-29-21)6-13(16)3-15(8-22(24)25)23(17)10-14(12)7-19(18)27-2;/h4-7,9-10,15H,3,8,11H2,1-2H3;1H. The molecule has 2 aliphatic rings. The molecule has 1 unspecified atom stereocenters. The summed E-state index contributed by atoms with van der Waals surface area (Å²) >= 11 is 0. The van der Waals surface area contributed by atoms with Gasteiger partial charge in [0.15, 0.2) is 35.2 Å². The summed E-state index contributed by atoms with van der Waals surface area (Å²) in [5.74, 6) is 1.87. The molecule has 156 valence electrons. The number of pyridine rings is 1. The molecule has 1 N–H and O–H groups in total. The summed E-state index contributed by atoms with van der Waals surface area (Å²) < 4.78 is 24.0. The van der Waals surface area contributed by atoms with Crippen LogP contribution >= 0.6 is 0 Å². The summed E-state index contributed by atoms with van der Waals surface area (Å²) in [6, 6.07) is 9.65. The predicted molar refractivity (Wildman–Crippen MR) is 104 cm³/mol. The van der Waals surface area contributed by atoms with Crippen LogP contribution in [0, 0.1) is 0 Å². The van der Waals surface area contributed by atoms with Gasteiger partial charge in [0, 0.05) is 17.9 Å². The van der Waals surface area contributed by atoms with Gasteiger partial charge in [0.05, 0.1) is 19.8 Å². The highest BCUT2D eigenvalue weighted by Crippen LogP contribution is 2.42. The molecule has 0 saturated carbocycles. The number of carbonyl (C=O) groups is 1. The van der Waals surface area contributed by atoms with E-state index in [9.17, 15) is 9.90 Å². The quantitative estimate of drug-likeness (QED) is 0.593. The molecule has 2 aromatic carbocycles. The molecule has 0 fully saturated rings. The van der Waals surface area contributed by atoms with Crippen molar-refractivity contribution in [2.24, 2.45) is 0 Å². The van der Waals surface area contributed by atoms with Gasteiger partial charge in [-0.1, -0.05) is 0 Å². The second kappa shape index (κ2) is 7.57. The zero-order chi connectivity index (χ0) is 20.1. The van der Waals surface area contributed by atoms with Gasteiger partial charge in [-0.15, -0.1) is 0 Å². The number of rotatable bonds is 4. The van der Waals surface area contributed by atoms with E-state index in [1.165, 1.54) is 0 Å². The maximum atomic E-state index is 11.5. The minimum Gasteiger partial charge on any atom is -1.00 e. The number of benzene rings is 2. The van der Waals surface area contributed by atoms with Crippen LogP contribution in [-0.4, -0.2) is 32.1 Å². The van der Waals surface area contributed by atoms with E-state index in [4.69, 9.17) is 18.9 Å². The van der Waals surface area contributed by atoms with Crippen LogP contribution in [0.4, 0.5) is 0 Å². The molecule has 2 aliphatic heterocycles. The Kier molecular flexibility index (Phi) is 5.07. The largest absolute Gasteiger partial charge is 1.00 e. The SMILES string of the molecule is COc1cc2cc3[n+](cc2cc1OC)C(CC(=O)O)Cc1cc2c(cc1-3)OCO2.[Cl-]. The van der Waals surface area contributed by atoms with Gasteiger partial charge in [0.2, 0.25) is 12.5 Å². The smallest absolute Gasteiger partial charge is 0.310 e. The highest BCUT2D eigenvalue weighted by molar-refractivity contribution is 5.88. The minimum atomic E-state index is -0.829. The van der Waals surface area contributed by atoms with Gasteiger partial charge in [-0.25, -0.2) is 0 Å². The topological polar surface area (TPSA) is 78.1 Å². The van der Waals surface area contributed by atoms with Crippen LogP contribution < -0.4 is 35.9 Å². The monoisotopic (exact) mass is 429 g/mol. The van der Waals surface area contributed by atoms with E-state index < -0.39 is 5.97 Å². The Morgan fingerprint density at radius 3 is 2.40 bits per heavy atom. The Hall–Kier alpha value is -3.19. The van der Waals surface area contributed by atoms with Crippen molar-refractivity contribution in [3.63, 3.8) is 0 Å². The third kappa shape index (κ3) is 3.15. The van der Waals surface area contributed by atoms with Crippen molar-refractivity contribution in [1.29, 1.82) is 0 Å². The van der Waals surface area contributed by atoms with E-state index in [0.29, 0.717) is 29.4 Å². The number of carboxylic acids is 1. The molecule has 0 aliphatic carbocycles. The number of fused-ring (bicyclic) bond motifs is 5. The fraction of sp³-hybridized carbons (Fsp3) is 0.273. The van der Waals surface area contributed by atoms with Gasteiger partial charge in [-0.05, 0) is 35.2 Å². The van der Waals surface area contributed by atoms with Crippen molar-refractivity contribution in [1.82, 2.24) is 0 Å². The summed E-state index contributed by atoms with van der Waals surface area (Å²) in [6.45, 7) is 0.200. The van der Waals surface area contributed by atoms with E-state index in [1.54, 1.807) is 14.2 Å². The average molecular weight is 430 g/mol. The van der Waals surface area contributed by atoms with E-state index in [2.05, 4.69) is 6.07 Å². The molecule has 0 bridgehead atoms. The van der Waals surface area contributed by atoms with Crippen molar-refractivity contribution in [3.05, 3.63) is 42.1 Å². The van der Waals surface area contributed by atoms with Crippen molar-refractivity contribution in [2.75, 3.05) is 21.0 Å². The number of methoxy groups -OCH3 is 2. The first-order valence-electron chi connectivity index (χ1n) is 9.33. The Balaban J connectivity index is 0.00000218. The number of hydrogen-bond donors (Lipinski definition) is 1. The number of aliphatic carboxylic acids is 1. The van der Waals surface area contributed by atoms with E-state index in [0.717, 1.165) is 27.6 Å². The second-order valence-electron chi connectivity index (χ2n) is 7.22. The zero-order valence-electron chi connectivity index (χ0n) is 16.5. The number of aromatic nitrogens is 1. The summed E-state index contributed by atoms with van der Waals surface area (Å²) in [5, 5.41) is 11.4. The lowest BCUT2D eigenvalue weighted by atomic mass is 9.90. The summed E-state index contributed by atoms with van der Waals surface area (Å²) in [5.41, 5.74) is 3.02. The molecule has 1 aromatic heterocycles. The number of hydrogen-bond acceptors (Lipinski definition) is 5. The fourth-order valence-corrected chi connectivity index (χ4v) is 4.22. The molecular weight excluding hydrogens is 410 g/mol. The third-order valence-corrected chi connectivity index (χ3v) is 5.57. The molecule has 0 radical (unpaired) electrons. The van der Waals surface area contributed by atoms with Gasteiger partial charge < -0.3 is 36.5 Å². The molecule has 8 heteroatoms. The molecule has 3 aromatic rings. The van der Waals surface area contributed by atoms with Gasteiger partial charge >= 0.3 is 5.97 Å². The Morgan fingerprint density at radius 2 is 1.73 bits per heavy atom. The van der Waals surface area contributed by atoms with Crippen molar-refractivity contribution >= 4 is 16.7 Å². The molecular formula is C22H20ClNO6. The molecule has 5 rings (SSSR count). The molecule has 3 heterocycles. The normalized spacial score (nSPS) is 15.7. The first-order chi connectivity index (χ1) is 14.1. The number of nitrogens with zero attached hydrogens (tertiary/aromatic N) is 1. The first kappa shape index (κ1) is 20.1. The van der Waals surface area contributed by atoms with Crippen molar-refractivity contribution < 1.29 is 45.8 Å². The van der Waals surface area contributed by atoms with Gasteiger partial charge in [-0.3, -0.25) is 4.79 Å². The number of halogens is 1. The van der Waals surface area contributed by atoms with Gasteiger partial charge in [-0.2, -0.15) is 4.57 Å². The minimum absolute atomic E-state index is 0. The Labute approximate surface area is 179 Å². The van der Waals surface area contributed by atoms with Crippen molar-refractivity contribution in [2.45, 2.75) is 18.9 Å².